The first-order valence-electron chi connectivity index (χ1n) is 6.36. The third kappa shape index (κ3) is 10.4. The van der Waals surface area contributed by atoms with Crippen LogP contribution < -0.4 is 5.32 Å². The molecule has 1 saturated heterocycles. The maximum absolute atomic E-state index is 5.24. The highest BCUT2D eigenvalue weighted by atomic mass is 16.5. The number of hydrogen-bond acceptors (Lipinski definition) is 4. The van der Waals surface area contributed by atoms with Gasteiger partial charge in [0.05, 0.1) is 13.2 Å². The molecule has 0 atom stereocenters. The number of hydrogen-bond donors (Lipinski definition) is 1. The third-order valence-electron chi connectivity index (χ3n) is 2.59. The summed E-state index contributed by atoms with van der Waals surface area (Å²) in [7, 11) is 4.11. The predicted molar refractivity (Wildman–Crippen MR) is 70.0 cm³/mol. The van der Waals surface area contributed by atoms with E-state index in [0.29, 0.717) is 0 Å². The molecule has 0 radical (unpaired) electrons. The molecule has 0 aromatic heterocycles. The molecule has 1 N–H and O–H groups in total. The van der Waals surface area contributed by atoms with Crippen molar-refractivity contribution < 1.29 is 4.74 Å². The maximum atomic E-state index is 5.24. The lowest BCUT2D eigenvalue weighted by molar-refractivity contribution is 0.0385. The average Bonchev–Trinajstić information content (AvgIpc) is 2.31. The van der Waals surface area contributed by atoms with E-state index in [4.69, 9.17) is 4.74 Å². The summed E-state index contributed by atoms with van der Waals surface area (Å²) in [5.74, 6) is 0. The van der Waals surface area contributed by atoms with E-state index in [1.165, 1.54) is 0 Å². The summed E-state index contributed by atoms with van der Waals surface area (Å²) in [5, 5.41) is 3.31. The molecule has 4 nitrogen and oxygen atoms in total. The number of nitrogens with zero attached hydrogens (tertiary/aromatic N) is 2. The lowest BCUT2D eigenvalue weighted by Gasteiger charge is -2.26. The van der Waals surface area contributed by atoms with Gasteiger partial charge in [0.2, 0.25) is 0 Å². The van der Waals surface area contributed by atoms with Crippen molar-refractivity contribution >= 4 is 0 Å². The zero-order chi connectivity index (χ0) is 12.2. The Morgan fingerprint density at radius 2 is 1.75 bits per heavy atom. The molecule has 0 unspecified atom stereocenters. The van der Waals surface area contributed by atoms with E-state index in [1.54, 1.807) is 0 Å². The summed E-state index contributed by atoms with van der Waals surface area (Å²) in [4.78, 5) is 4.56. The van der Waals surface area contributed by atoms with Gasteiger partial charge in [-0.1, -0.05) is 13.8 Å². The van der Waals surface area contributed by atoms with Crippen LogP contribution in [0.25, 0.3) is 0 Å². The van der Waals surface area contributed by atoms with Gasteiger partial charge in [-0.15, -0.1) is 0 Å². The molecule has 1 aliphatic heterocycles. The second-order valence-corrected chi connectivity index (χ2v) is 4.20. The molecule has 0 spiro atoms. The zero-order valence-electron chi connectivity index (χ0n) is 11.5. The summed E-state index contributed by atoms with van der Waals surface area (Å²) >= 11 is 0. The lowest BCUT2D eigenvalue weighted by Crippen LogP contribution is -2.40. The van der Waals surface area contributed by atoms with Crippen molar-refractivity contribution in [3.63, 3.8) is 0 Å². The molecule has 1 aliphatic rings. The Kier molecular flexibility index (Phi) is 11.2. The van der Waals surface area contributed by atoms with Crippen LogP contribution in [0.15, 0.2) is 0 Å². The molecular weight excluding hydrogens is 202 g/mol. The Bertz CT molecular complexity index is 136. The maximum Gasteiger partial charge on any atom is 0.0594 e. The highest BCUT2D eigenvalue weighted by molar-refractivity contribution is 4.62. The second kappa shape index (κ2) is 11.3. The van der Waals surface area contributed by atoms with Gasteiger partial charge in [-0.2, -0.15) is 0 Å². The largest absolute Gasteiger partial charge is 0.379 e. The van der Waals surface area contributed by atoms with E-state index in [2.05, 4.69) is 43.1 Å². The van der Waals surface area contributed by atoms with Crippen LogP contribution in [-0.2, 0) is 4.74 Å². The topological polar surface area (TPSA) is 27.7 Å². The van der Waals surface area contributed by atoms with Gasteiger partial charge in [-0.25, -0.2) is 0 Å². The van der Waals surface area contributed by atoms with Gasteiger partial charge in [0, 0.05) is 26.2 Å². The quantitative estimate of drug-likeness (QED) is 0.697. The van der Waals surface area contributed by atoms with Gasteiger partial charge >= 0.3 is 0 Å². The molecule has 0 saturated carbocycles. The molecule has 0 amide bonds. The van der Waals surface area contributed by atoms with E-state index in [0.717, 1.165) is 52.5 Å². The zero-order valence-corrected chi connectivity index (χ0v) is 11.5. The first-order chi connectivity index (χ1) is 7.70. The monoisotopic (exact) mass is 231 g/mol. The van der Waals surface area contributed by atoms with Crippen LogP contribution in [0.1, 0.15) is 13.8 Å². The smallest absolute Gasteiger partial charge is 0.0594 e. The molecule has 1 rings (SSSR count). The summed E-state index contributed by atoms with van der Waals surface area (Å²) in [6.45, 7) is 12.8. The van der Waals surface area contributed by atoms with Crippen LogP contribution in [0.5, 0.6) is 0 Å². The molecule has 0 aromatic rings. The van der Waals surface area contributed by atoms with Crippen molar-refractivity contribution in [1.82, 2.24) is 15.1 Å². The molecule has 98 valence electrons. The molecule has 0 aromatic carbocycles. The predicted octanol–water partition coefficient (Wildman–Crippen LogP) is 0.496. The fourth-order valence-corrected chi connectivity index (χ4v) is 1.24. The first-order valence-corrected chi connectivity index (χ1v) is 6.36. The van der Waals surface area contributed by atoms with Gasteiger partial charge in [0.15, 0.2) is 0 Å². The average molecular weight is 231 g/mol. The van der Waals surface area contributed by atoms with Crippen LogP contribution in [0.2, 0.25) is 0 Å². The highest BCUT2D eigenvalue weighted by Crippen LogP contribution is 1.94. The Labute approximate surface area is 101 Å². The molecule has 1 heterocycles. The van der Waals surface area contributed by atoms with Crippen molar-refractivity contribution in [2.45, 2.75) is 13.8 Å². The van der Waals surface area contributed by atoms with Crippen molar-refractivity contribution in [3.8, 4) is 0 Å². The van der Waals surface area contributed by atoms with Crippen LogP contribution >= 0.6 is 0 Å². The van der Waals surface area contributed by atoms with Crippen LogP contribution in [0.4, 0.5) is 0 Å². The van der Waals surface area contributed by atoms with Gasteiger partial charge < -0.3 is 15.0 Å². The summed E-state index contributed by atoms with van der Waals surface area (Å²) in [5.41, 5.74) is 0. The second-order valence-electron chi connectivity index (χ2n) is 4.20. The SMILES string of the molecule is CCN(C)C.CCNCCN1CCOCC1. The number of morpholine rings is 1. The number of nitrogens with one attached hydrogen (secondary N) is 1. The van der Waals surface area contributed by atoms with Gasteiger partial charge in [-0.05, 0) is 27.2 Å². The highest BCUT2D eigenvalue weighted by Gasteiger charge is 2.08. The molecule has 4 heteroatoms. The minimum Gasteiger partial charge on any atom is -0.379 e. The lowest BCUT2D eigenvalue weighted by atomic mass is 10.4. The van der Waals surface area contributed by atoms with Crippen molar-refractivity contribution in [1.29, 1.82) is 0 Å². The third-order valence-corrected chi connectivity index (χ3v) is 2.59. The Hall–Kier alpha value is -0.160. The van der Waals surface area contributed by atoms with E-state index in [1.807, 2.05) is 0 Å². The van der Waals surface area contributed by atoms with E-state index >= 15 is 0 Å². The number of ether oxygens (including phenoxy) is 1. The fraction of sp³-hybridized carbons (Fsp3) is 1.00. The van der Waals surface area contributed by atoms with E-state index in [9.17, 15) is 0 Å². The normalized spacial score (nSPS) is 17.1. The van der Waals surface area contributed by atoms with E-state index < -0.39 is 0 Å². The van der Waals surface area contributed by atoms with Gasteiger partial charge in [-0.3, -0.25) is 4.90 Å². The molecule has 16 heavy (non-hydrogen) atoms. The van der Waals surface area contributed by atoms with Crippen molar-refractivity contribution in [2.75, 3.05) is 66.6 Å². The van der Waals surface area contributed by atoms with Crippen LogP contribution in [0.3, 0.4) is 0 Å². The van der Waals surface area contributed by atoms with Crippen LogP contribution in [-0.4, -0.2) is 76.4 Å². The summed E-state index contributed by atoms with van der Waals surface area (Å²) < 4.78 is 5.24. The minimum absolute atomic E-state index is 0.909. The Morgan fingerprint density at radius 3 is 2.19 bits per heavy atom. The Balaban J connectivity index is 0.000000385. The van der Waals surface area contributed by atoms with Crippen molar-refractivity contribution in [3.05, 3.63) is 0 Å². The summed E-state index contributed by atoms with van der Waals surface area (Å²) in [6.07, 6.45) is 0. The molecular formula is C12H29N3O. The first kappa shape index (κ1) is 15.8. The Morgan fingerprint density at radius 1 is 1.19 bits per heavy atom. The van der Waals surface area contributed by atoms with E-state index in [-0.39, 0.29) is 0 Å². The summed E-state index contributed by atoms with van der Waals surface area (Å²) in [6, 6.07) is 0. The minimum atomic E-state index is 0.909. The molecule has 1 fully saturated rings. The van der Waals surface area contributed by atoms with Crippen molar-refractivity contribution in [2.24, 2.45) is 0 Å². The van der Waals surface area contributed by atoms with Crippen LogP contribution in [0, 0.1) is 0 Å². The standard InChI is InChI=1S/C8H18N2O.C4H11N/c1-2-9-3-4-10-5-7-11-8-6-10;1-4-5(2)3/h9H,2-8H2,1H3;4H2,1-3H3. The molecule has 0 bridgehead atoms. The molecule has 0 aliphatic carbocycles. The van der Waals surface area contributed by atoms with Gasteiger partial charge in [0.25, 0.3) is 0 Å². The fourth-order valence-electron chi connectivity index (χ4n) is 1.24. The number of rotatable bonds is 5. The number of likely N-dealkylation sites (N-methyl/N-ethyl adjacent to an activating group) is 1. The van der Waals surface area contributed by atoms with Gasteiger partial charge in [0.1, 0.15) is 0 Å².